The zero-order chi connectivity index (χ0) is 13.7. The van der Waals surface area contributed by atoms with Crippen LogP contribution in [0.4, 0.5) is 0 Å². The molecule has 1 heterocycles. The summed E-state index contributed by atoms with van der Waals surface area (Å²) in [5.41, 5.74) is 0. The average molecular weight is 293 g/mol. The summed E-state index contributed by atoms with van der Waals surface area (Å²) in [5, 5.41) is 2.61. The molecule has 1 N–H and O–H groups in total. The molecule has 5 nitrogen and oxygen atoms in total. The van der Waals surface area contributed by atoms with Gasteiger partial charge in [-0.1, -0.05) is 0 Å². The number of rotatable bonds is 6. The molecule has 0 radical (unpaired) electrons. The van der Waals surface area contributed by atoms with E-state index in [2.05, 4.69) is 37.9 Å². The highest BCUT2D eigenvalue weighted by Gasteiger charge is 2.28. The largest absolute Gasteiger partial charge is 0.463 e. The standard InChI is InChI=1S/C13H24N2O3.ClH/c1-9(2)15(10(3)4)7-8-18-13(17)11-5-6-12(16)14-11;/h9-11H,5-8H2,1-4H3,(H,14,16);1H. The number of halogens is 1. The molecule has 0 aromatic carbocycles. The number of carbonyl (C=O) groups excluding carboxylic acids is 2. The van der Waals surface area contributed by atoms with Crippen LogP contribution in [0.2, 0.25) is 0 Å². The molecule has 0 spiro atoms. The summed E-state index contributed by atoms with van der Waals surface area (Å²) in [4.78, 5) is 24.9. The number of hydrogen-bond acceptors (Lipinski definition) is 4. The van der Waals surface area contributed by atoms with E-state index in [1.165, 1.54) is 0 Å². The van der Waals surface area contributed by atoms with Crippen molar-refractivity contribution < 1.29 is 14.3 Å². The lowest BCUT2D eigenvalue weighted by Gasteiger charge is -2.30. The Balaban J connectivity index is 0.00000324. The van der Waals surface area contributed by atoms with Crippen LogP contribution >= 0.6 is 12.4 Å². The Morgan fingerprint density at radius 1 is 1.37 bits per heavy atom. The van der Waals surface area contributed by atoms with Crippen molar-refractivity contribution in [1.29, 1.82) is 0 Å². The molecular weight excluding hydrogens is 268 g/mol. The van der Waals surface area contributed by atoms with Gasteiger partial charge in [-0.3, -0.25) is 9.69 Å². The quantitative estimate of drug-likeness (QED) is 0.751. The molecule has 0 aromatic rings. The third-order valence-corrected chi connectivity index (χ3v) is 3.20. The topological polar surface area (TPSA) is 58.6 Å². The van der Waals surface area contributed by atoms with E-state index >= 15 is 0 Å². The molecule has 1 amide bonds. The predicted octanol–water partition coefficient (Wildman–Crippen LogP) is 1.35. The number of carbonyl (C=O) groups is 2. The van der Waals surface area contributed by atoms with Crippen LogP contribution in [-0.4, -0.2) is 48.1 Å². The number of nitrogens with one attached hydrogen (secondary N) is 1. The van der Waals surface area contributed by atoms with E-state index in [0.29, 0.717) is 31.5 Å². The first-order valence-corrected chi connectivity index (χ1v) is 6.63. The molecule has 1 atom stereocenters. The molecule has 1 unspecified atom stereocenters. The van der Waals surface area contributed by atoms with Crippen LogP contribution in [0.15, 0.2) is 0 Å². The van der Waals surface area contributed by atoms with Crippen molar-refractivity contribution in [2.24, 2.45) is 0 Å². The molecule has 0 aromatic heterocycles. The molecule has 6 heteroatoms. The van der Waals surface area contributed by atoms with Gasteiger partial charge in [0.05, 0.1) is 0 Å². The lowest BCUT2D eigenvalue weighted by Crippen LogP contribution is -2.41. The summed E-state index contributed by atoms with van der Waals surface area (Å²) in [6.07, 6.45) is 0.972. The van der Waals surface area contributed by atoms with Gasteiger partial charge >= 0.3 is 5.97 Å². The van der Waals surface area contributed by atoms with Crippen LogP contribution in [0.1, 0.15) is 40.5 Å². The fraction of sp³-hybridized carbons (Fsp3) is 0.846. The Bertz CT molecular complexity index is 300. The lowest BCUT2D eigenvalue weighted by molar-refractivity contribution is -0.147. The normalized spacial score (nSPS) is 18.7. The van der Waals surface area contributed by atoms with Gasteiger partial charge in [0.2, 0.25) is 5.91 Å². The molecular formula is C13H25ClN2O3. The molecule has 0 saturated carbocycles. The van der Waals surface area contributed by atoms with Gasteiger partial charge < -0.3 is 10.1 Å². The van der Waals surface area contributed by atoms with Crippen molar-refractivity contribution in [1.82, 2.24) is 10.2 Å². The number of hydrogen-bond donors (Lipinski definition) is 1. The van der Waals surface area contributed by atoms with Crippen LogP contribution in [0.5, 0.6) is 0 Å². The summed E-state index contributed by atoms with van der Waals surface area (Å²) >= 11 is 0. The van der Waals surface area contributed by atoms with E-state index in [9.17, 15) is 9.59 Å². The minimum atomic E-state index is -0.441. The zero-order valence-electron chi connectivity index (χ0n) is 12.1. The molecule has 19 heavy (non-hydrogen) atoms. The molecule has 1 fully saturated rings. The Hall–Kier alpha value is -0.810. The monoisotopic (exact) mass is 292 g/mol. The molecule has 0 aliphatic carbocycles. The highest BCUT2D eigenvalue weighted by Crippen LogP contribution is 2.09. The third kappa shape index (κ3) is 5.78. The van der Waals surface area contributed by atoms with E-state index in [1.807, 2.05) is 0 Å². The van der Waals surface area contributed by atoms with Crippen molar-refractivity contribution >= 4 is 24.3 Å². The van der Waals surface area contributed by atoms with Crippen LogP contribution in [-0.2, 0) is 14.3 Å². The van der Waals surface area contributed by atoms with Crippen molar-refractivity contribution in [2.45, 2.75) is 58.7 Å². The van der Waals surface area contributed by atoms with Gasteiger partial charge in [0.15, 0.2) is 0 Å². The van der Waals surface area contributed by atoms with E-state index in [1.54, 1.807) is 0 Å². The number of nitrogens with zero attached hydrogens (tertiary/aromatic N) is 1. The highest BCUT2D eigenvalue weighted by atomic mass is 35.5. The number of esters is 1. The minimum absolute atomic E-state index is 0. The van der Waals surface area contributed by atoms with Crippen molar-refractivity contribution in [2.75, 3.05) is 13.2 Å². The molecule has 1 rings (SSSR count). The van der Waals surface area contributed by atoms with Gasteiger partial charge in [0.25, 0.3) is 0 Å². The van der Waals surface area contributed by atoms with Crippen LogP contribution < -0.4 is 5.32 Å². The number of amides is 1. The summed E-state index contributed by atoms with van der Waals surface area (Å²) < 4.78 is 5.21. The second kappa shape index (κ2) is 8.38. The predicted molar refractivity (Wildman–Crippen MR) is 76.3 cm³/mol. The first-order valence-electron chi connectivity index (χ1n) is 6.63. The SMILES string of the molecule is CC(C)N(CCOC(=O)C1CCC(=O)N1)C(C)C.Cl. The van der Waals surface area contributed by atoms with Crippen molar-refractivity contribution in [3.63, 3.8) is 0 Å². The first-order chi connectivity index (χ1) is 8.41. The van der Waals surface area contributed by atoms with E-state index in [0.717, 1.165) is 6.54 Å². The summed E-state index contributed by atoms with van der Waals surface area (Å²) in [6.45, 7) is 9.60. The minimum Gasteiger partial charge on any atom is -0.463 e. The van der Waals surface area contributed by atoms with E-state index in [4.69, 9.17) is 4.74 Å². The molecule has 112 valence electrons. The van der Waals surface area contributed by atoms with Gasteiger partial charge in [-0.15, -0.1) is 12.4 Å². The van der Waals surface area contributed by atoms with Crippen molar-refractivity contribution in [3.8, 4) is 0 Å². The Morgan fingerprint density at radius 2 is 1.95 bits per heavy atom. The second-order valence-corrected chi connectivity index (χ2v) is 5.25. The van der Waals surface area contributed by atoms with Gasteiger partial charge in [0, 0.05) is 25.0 Å². The van der Waals surface area contributed by atoms with Gasteiger partial charge in [0.1, 0.15) is 12.6 Å². The van der Waals surface area contributed by atoms with Gasteiger partial charge in [-0.2, -0.15) is 0 Å². The lowest BCUT2D eigenvalue weighted by atomic mass is 10.2. The second-order valence-electron chi connectivity index (χ2n) is 5.25. The van der Waals surface area contributed by atoms with E-state index < -0.39 is 6.04 Å². The van der Waals surface area contributed by atoms with Crippen LogP contribution in [0.25, 0.3) is 0 Å². The molecule has 1 saturated heterocycles. The maximum absolute atomic E-state index is 11.7. The summed E-state index contributed by atoms with van der Waals surface area (Å²) in [5.74, 6) is -0.378. The molecule has 1 aliphatic rings. The van der Waals surface area contributed by atoms with E-state index in [-0.39, 0.29) is 24.3 Å². The summed E-state index contributed by atoms with van der Waals surface area (Å²) in [7, 11) is 0. The van der Waals surface area contributed by atoms with Crippen LogP contribution in [0.3, 0.4) is 0 Å². The fourth-order valence-electron chi connectivity index (χ4n) is 2.26. The first kappa shape index (κ1) is 18.2. The smallest absolute Gasteiger partial charge is 0.328 e. The Kier molecular flexibility index (Phi) is 8.02. The zero-order valence-corrected chi connectivity index (χ0v) is 13.0. The summed E-state index contributed by atoms with van der Waals surface area (Å²) in [6, 6.07) is 0.411. The Labute approximate surface area is 121 Å². The van der Waals surface area contributed by atoms with Crippen LogP contribution in [0, 0.1) is 0 Å². The van der Waals surface area contributed by atoms with Crippen molar-refractivity contribution in [3.05, 3.63) is 0 Å². The highest BCUT2D eigenvalue weighted by molar-refractivity contribution is 5.88. The average Bonchev–Trinajstić information content (AvgIpc) is 2.69. The molecule has 0 bridgehead atoms. The number of ether oxygens (including phenoxy) is 1. The third-order valence-electron chi connectivity index (χ3n) is 3.20. The van der Waals surface area contributed by atoms with Gasteiger partial charge in [-0.05, 0) is 34.1 Å². The Morgan fingerprint density at radius 3 is 2.37 bits per heavy atom. The molecule has 1 aliphatic heterocycles. The fourth-order valence-corrected chi connectivity index (χ4v) is 2.26. The maximum atomic E-state index is 11.7. The maximum Gasteiger partial charge on any atom is 0.328 e. The van der Waals surface area contributed by atoms with Gasteiger partial charge in [-0.25, -0.2) is 4.79 Å².